The van der Waals surface area contributed by atoms with Gasteiger partial charge in [0.05, 0.1) is 17.9 Å². The van der Waals surface area contributed by atoms with Gasteiger partial charge in [0.15, 0.2) is 0 Å². The van der Waals surface area contributed by atoms with E-state index in [0.717, 1.165) is 11.3 Å². The van der Waals surface area contributed by atoms with E-state index in [9.17, 15) is 9.59 Å². The number of carbonyl (C=O) groups is 2. The molecule has 1 heterocycles. The van der Waals surface area contributed by atoms with Crippen molar-refractivity contribution in [2.75, 3.05) is 18.1 Å². The summed E-state index contributed by atoms with van der Waals surface area (Å²) in [5.74, 6) is -0.145. The fourth-order valence-electron chi connectivity index (χ4n) is 2.78. The van der Waals surface area contributed by atoms with Crippen LogP contribution in [0.5, 0.6) is 5.75 Å². The number of aryl methyl sites for hydroxylation is 1. The number of ether oxygens (including phenoxy) is 1. The van der Waals surface area contributed by atoms with E-state index in [2.05, 4.69) is 0 Å². The SMILES string of the molecule is Cc1cccc(OCCCN2C(=O)C(=O)c3cc(Cl)ccc32)c1C. The lowest BCUT2D eigenvalue weighted by atomic mass is 10.1. The summed E-state index contributed by atoms with van der Waals surface area (Å²) < 4.78 is 5.80. The molecule has 0 fully saturated rings. The molecule has 1 amide bonds. The molecule has 2 aromatic carbocycles. The predicted octanol–water partition coefficient (Wildman–Crippen LogP) is 3.96. The maximum atomic E-state index is 12.1. The van der Waals surface area contributed by atoms with E-state index < -0.39 is 11.7 Å². The molecule has 0 aromatic heterocycles. The minimum Gasteiger partial charge on any atom is -0.493 e. The number of halogens is 1. The maximum absolute atomic E-state index is 12.1. The molecule has 1 aliphatic heterocycles. The smallest absolute Gasteiger partial charge is 0.299 e. The number of rotatable bonds is 5. The molecule has 0 saturated carbocycles. The average molecular weight is 344 g/mol. The first-order valence-electron chi connectivity index (χ1n) is 7.84. The van der Waals surface area contributed by atoms with E-state index >= 15 is 0 Å². The van der Waals surface area contributed by atoms with Gasteiger partial charge in [-0.1, -0.05) is 23.7 Å². The van der Waals surface area contributed by atoms with Gasteiger partial charge >= 0.3 is 0 Å². The second-order valence-electron chi connectivity index (χ2n) is 5.85. The zero-order valence-electron chi connectivity index (χ0n) is 13.6. The molecular weight excluding hydrogens is 326 g/mol. The number of amides is 1. The van der Waals surface area contributed by atoms with E-state index in [4.69, 9.17) is 16.3 Å². The Hall–Kier alpha value is -2.33. The maximum Gasteiger partial charge on any atom is 0.299 e. The standard InChI is InChI=1S/C19H18ClNO3/c1-12-5-3-6-17(13(12)2)24-10-4-9-21-16-8-7-14(20)11-15(16)18(22)19(21)23/h3,5-8,11H,4,9-10H2,1-2H3. The fraction of sp³-hybridized carbons (Fsp3) is 0.263. The number of hydrogen-bond donors (Lipinski definition) is 0. The lowest BCUT2D eigenvalue weighted by Gasteiger charge is -2.17. The summed E-state index contributed by atoms with van der Waals surface area (Å²) in [6.07, 6.45) is 0.633. The summed E-state index contributed by atoms with van der Waals surface area (Å²) >= 11 is 5.90. The number of carbonyl (C=O) groups excluding carboxylic acids is 2. The third-order valence-electron chi connectivity index (χ3n) is 4.27. The summed E-state index contributed by atoms with van der Waals surface area (Å²) in [6, 6.07) is 10.9. The van der Waals surface area contributed by atoms with Gasteiger partial charge in [-0.2, -0.15) is 0 Å². The molecule has 4 nitrogen and oxygen atoms in total. The Kier molecular flexibility index (Phi) is 4.58. The number of nitrogens with zero attached hydrogens (tertiary/aromatic N) is 1. The van der Waals surface area contributed by atoms with Crippen molar-refractivity contribution in [1.82, 2.24) is 0 Å². The summed E-state index contributed by atoms with van der Waals surface area (Å²) in [4.78, 5) is 25.6. The van der Waals surface area contributed by atoms with Crippen molar-refractivity contribution in [3.8, 4) is 5.75 Å². The average Bonchev–Trinajstić information content (AvgIpc) is 2.79. The summed E-state index contributed by atoms with van der Waals surface area (Å²) in [6.45, 7) is 4.97. The normalized spacial score (nSPS) is 13.4. The van der Waals surface area contributed by atoms with Gasteiger partial charge < -0.3 is 9.64 Å². The van der Waals surface area contributed by atoms with Crippen LogP contribution < -0.4 is 9.64 Å². The third kappa shape index (κ3) is 3.02. The second-order valence-corrected chi connectivity index (χ2v) is 6.28. The van der Waals surface area contributed by atoms with Gasteiger partial charge in [-0.3, -0.25) is 9.59 Å². The molecule has 0 bridgehead atoms. The van der Waals surface area contributed by atoms with Crippen LogP contribution in [0.25, 0.3) is 0 Å². The van der Waals surface area contributed by atoms with Crippen molar-refractivity contribution < 1.29 is 14.3 Å². The summed E-state index contributed by atoms with van der Waals surface area (Å²) in [5, 5.41) is 0.454. The van der Waals surface area contributed by atoms with Crippen molar-refractivity contribution in [1.29, 1.82) is 0 Å². The minimum absolute atomic E-state index is 0.378. The largest absolute Gasteiger partial charge is 0.493 e. The van der Waals surface area contributed by atoms with E-state index in [1.54, 1.807) is 18.2 Å². The zero-order valence-corrected chi connectivity index (χ0v) is 14.4. The Morgan fingerprint density at radius 1 is 1.12 bits per heavy atom. The van der Waals surface area contributed by atoms with Gasteiger partial charge in [0.2, 0.25) is 0 Å². The number of Topliss-reactive ketones (excluding diaryl/α,β-unsaturated/α-hetero) is 1. The fourth-order valence-corrected chi connectivity index (χ4v) is 2.95. The molecule has 24 heavy (non-hydrogen) atoms. The van der Waals surface area contributed by atoms with Crippen LogP contribution in [0.3, 0.4) is 0 Å². The Morgan fingerprint density at radius 3 is 2.71 bits per heavy atom. The number of anilines is 1. The molecule has 0 atom stereocenters. The molecule has 0 saturated heterocycles. The van der Waals surface area contributed by atoms with Crippen LogP contribution >= 0.6 is 11.6 Å². The lowest BCUT2D eigenvalue weighted by molar-refractivity contribution is -0.114. The van der Waals surface area contributed by atoms with E-state index in [-0.39, 0.29) is 0 Å². The van der Waals surface area contributed by atoms with Crippen molar-refractivity contribution in [2.24, 2.45) is 0 Å². The Balaban J connectivity index is 1.63. The first kappa shape index (κ1) is 16.5. The second kappa shape index (κ2) is 6.65. The highest BCUT2D eigenvalue weighted by atomic mass is 35.5. The minimum atomic E-state index is -0.501. The number of hydrogen-bond acceptors (Lipinski definition) is 3. The van der Waals surface area contributed by atoms with Crippen LogP contribution in [0.15, 0.2) is 36.4 Å². The Morgan fingerprint density at radius 2 is 1.92 bits per heavy atom. The van der Waals surface area contributed by atoms with Crippen molar-refractivity contribution >= 4 is 29.0 Å². The summed E-state index contributed by atoms with van der Waals surface area (Å²) in [7, 11) is 0. The molecule has 0 spiro atoms. The van der Waals surface area contributed by atoms with Crippen molar-refractivity contribution in [3.05, 3.63) is 58.1 Å². The van der Waals surface area contributed by atoms with Crippen LogP contribution in [-0.4, -0.2) is 24.8 Å². The molecule has 0 radical (unpaired) electrons. The molecule has 0 aliphatic carbocycles. The highest BCUT2D eigenvalue weighted by Gasteiger charge is 2.35. The van der Waals surface area contributed by atoms with E-state index in [1.165, 1.54) is 10.5 Å². The molecule has 0 unspecified atom stereocenters. The van der Waals surface area contributed by atoms with E-state index in [0.29, 0.717) is 35.8 Å². The number of ketones is 1. The zero-order chi connectivity index (χ0) is 17.3. The lowest BCUT2D eigenvalue weighted by Crippen LogP contribution is -2.31. The van der Waals surface area contributed by atoms with E-state index in [1.807, 2.05) is 32.0 Å². The molecule has 2 aromatic rings. The van der Waals surface area contributed by atoms with Gasteiger partial charge in [-0.25, -0.2) is 0 Å². The quantitative estimate of drug-likeness (QED) is 0.610. The van der Waals surface area contributed by atoms with Crippen LogP contribution in [0, 0.1) is 13.8 Å². The van der Waals surface area contributed by atoms with Gasteiger partial charge in [-0.15, -0.1) is 0 Å². The van der Waals surface area contributed by atoms with Crippen LogP contribution in [0.4, 0.5) is 5.69 Å². The molecule has 5 heteroatoms. The van der Waals surface area contributed by atoms with Crippen molar-refractivity contribution in [3.63, 3.8) is 0 Å². The Bertz CT molecular complexity index is 816. The molecule has 1 aliphatic rings. The third-order valence-corrected chi connectivity index (χ3v) is 4.51. The van der Waals surface area contributed by atoms with Gasteiger partial charge in [0, 0.05) is 11.6 Å². The molecule has 124 valence electrons. The first-order valence-corrected chi connectivity index (χ1v) is 8.21. The predicted molar refractivity (Wildman–Crippen MR) is 94.2 cm³/mol. The first-order chi connectivity index (χ1) is 11.5. The van der Waals surface area contributed by atoms with Crippen LogP contribution in [-0.2, 0) is 4.79 Å². The van der Waals surface area contributed by atoms with Crippen LogP contribution in [0.2, 0.25) is 5.02 Å². The van der Waals surface area contributed by atoms with Crippen molar-refractivity contribution in [2.45, 2.75) is 20.3 Å². The molecule has 0 N–H and O–H groups in total. The number of fused-ring (bicyclic) bond motifs is 1. The number of benzene rings is 2. The summed E-state index contributed by atoms with van der Waals surface area (Å²) in [5.41, 5.74) is 3.30. The Labute approximate surface area is 146 Å². The highest BCUT2D eigenvalue weighted by Crippen LogP contribution is 2.31. The van der Waals surface area contributed by atoms with Gasteiger partial charge in [0.1, 0.15) is 5.75 Å². The molecule has 3 rings (SSSR count). The molecular formula is C19H18ClNO3. The van der Waals surface area contributed by atoms with Gasteiger partial charge in [-0.05, 0) is 55.7 Å². The highest BCUT2D eigenvalue weighted by molar-refractivity contribution is 6.52. The van der Waals surface area contributed by atoms with Crippen LogP contribution in [0.1, 0.15) is 27.9 Å². The monoisotopic (exact) mass is 343 g/mol. The topological polar surface area (TPSA) is 46.6 Å². The van der Waals surface area contributed by atoms with Gasteiger partial charge in [0.25, 0.3) is 11.7 Å².